The quantitative estimate of drug-likeness (QED) is 0.554. The number of hydrogen-bond acceptors (Lipinski definition) is 6. The zero-order valence-corrected chi connectivity index (χ0v) is 11.5. The smallest absolute Gasteiger partial charge is 0.119 e. The van der Waals surface area contributed by atoms with Gasteiger partial charge in [-0.3, -0.25) is 0 Å². The number of rotatable bonds is 12. The first kappa shape index (κ1) is 16.7. The third-order valence-corrected chi connectivity index (χ3v) is 2.31. The molecule has 2 N–H and O–H groups in total. The molecule has 1 aromatic rings. The first-order chi connectivity index (χ1) is 9.83. The molecule has 0 fully saturated rings. The third-order valence-electron chi connectivity index (χ3n) is 2.31. The lowest BCUT2D eigenvalue weighted by Gasteiger charge is -2.08. The van der Waals surface area contributed by atoms with E-state index in [1.165, 1.54) is 0 Å². The van der Waals surface area contributed by atoms with Crippen LogP contribution in [0.5, 0.6) is 11.5 Å². The van der Waals surface area contributed by atoms with Gasteiger partial charge in [-0.05, 0) is 24.3 Å². The van der Waals surface area contributed by atoms with Crippen molar-refractivity contribution in [2.75, 3.05) is 52.9 Å². The molecule has 114 valence electrons. The van der Waals surface area contributed by atoms with Crippen molar-refractivity contribution in [3.63, 3.8) is 0 Å². The highest BCUT2D eigenvalue weighted by atomic mass is 16.6. The minimum Gasteiger partial charge on any atom is -0.508 e. The largest absolute Gasteiger partial charge is 0.508 e. The average molecular weight is 286 g/mol. The van der Waals surface area contributed by atoms with Crippen LogP contribution in [0, 0.1) is 0 Å². The van der Waals surface area contributed by atoms with E-state index < -0.39 is 0 Å². The van der Waals surface area contributed by atoms with Crippen LogP contribution in [0.2, 0.25) is 0 Å². The topological polar surface area (TPSA) is 77.4 Å². The maximum Gasteiger partial charge on any atom is 0.119 e. The third kappa shape index (κ3) is 8.71. The summed E-state index contributed by atoms with van der Waals surface area (Å²) in [7, 11) is 0. The molecule has 0 radical (unpaired) electrons. The molecule has 0 aliphatic carbocycles. The molecule has 0 bridgehead atoms. The van der Waals surface area contributed by atoms with E-state index in [0.717, 1.165) is 0 Å². The minimum absolute atomic E-state index is 0.0319. The van der Waals surface area contributed by atoms with Crippen LogP contribution in [0.25, 0.3) is 0 Å². The molecule has 0 saturated heterocycles. The molecule has 1 aromatic carbocycles. The van der Waals surface area contributed by atoms with E-state index in [9.17, 15) is 0 Å². The first-order valence-corrected chi connectivity index (χ1v) is 6.59. The summed E-state index contributed by atoms with van der Waals surface area (Å²) >= 11 is 0. The van der Waals surface area contributed by atoms with Crippen LogP contribution in [0.15, 0.2) is 24.3 Å². The van der Waals surface area contributed by atoms with Crippen molar-refractivity contribution in [1.29, 1.82) is 0 Å². The van der Waals surface area contributed by atoms with Gasteiger partial charge in [0, 0.05) is 0 Å². The Morgan fingerprint density at radius 3 is 1.75 bits per heavy atom. The summed E-state index contributed by atoms with van der Waals surface area (Å²) in [6.45, 7) is 3.27. The van der Waals surface area contributed by atoms with Gasteiger partial charge in [0.15, 0.2) is 0 Å². The number of phenolic OH excluding ortho intramolecular Hbond substituents is 1. The number of aromatic hydroxyl groups is 1. The van der Waals surface area contributed by atoms with Gasteiger partial charge in [-0.25, -0.2) is 0 Å². The highest BCUT2D eigenvalue weighted by molar-refractivity contribution is 5.29. The van der Waals surface area contributed by atoms with Gasteiger partial charge in [-0.1, -0.05) is 0 Å². The van der Waals surface area contributed by atoms with Crippen molar-refractivity contribution in [3.8, 4) is 11.5 Å². The van der Waals surface area contributed by atoms with Crippen LogP contribution < -0.4 is 4.74 Å². The molecule has 6 heteroatoms. The molecule has 1 rings (SSSR count). The second-order valence-electron chi connectivity index (χ2n) is 3.90. The van der Waals surface area contributed by atoms with Gasteiger partial charge in [0.2, 0.25) is 0 Å². The molecule has 6 nitrogen and oxygen atoms in total. The second-order valence-corrected chi connectivity index (χ2v) is 3.90. The van der Waals surface area contributed by atoms with Crippen LogP contribution in [-0.2, 0) is 14.2 Å². The van der Waals surface area contributed by atoms with Crippen LogP contribution in [0.1, 0.15) is 0 Å². The predicted octanol–water partition coefficient (Wildman–Crippen LogP) is 0.813. The predicted molar refractivity (Wildman–Crippen MR) is 73.1 cm³/mol. The zero-order chi connectivity index (χ0) is 14.5. The summed E-state index contributed by atoms with van der Waals surface area (Å²) in [5.74, 6) is 0.914. The number of hydrogen-bond donors (Lipinski definition) is 2. The summed E-state index contributed by atoms with van der Waals surface area (Å²) < 4.78 is 21.0. The van der Waals surface area contributed by atoms with E-state index in [0.29, 0.717) is 52.0 Å². The Morgan fingerprint density at radius 1 is 0.700 bits per heavy atom. The lowest BCUT2D eigenvalue weighted by atomic mass is 10.3. The Kier molecular flexibility index (Phi) is 9.60. The van der Waals surface area contributed by atoms with Crippen molar-refractivity contribution in [2.24, 2.45) is 0 Å². The molecule has 0 unspecified atom stereocenters. The van der Waals surface area contributed by atoms with Gasteiger partial charge in [0.25, 0.3) is 0 Å². The fourth-order valence-corrected chi connectivity index (χ4v) is 1.37. The minimum atomic E-state index is 0.0319. The Balaban J connectivity index is 1.84. The Labute approximate surface area is 118 Å². The second kappa shape index (κ2) is 11.5. The van der Waals surface area contributed by atoms with Crippen LogP contribution in [0.4, 0.5) is 0 Å². The van der Waals surface area contributed by atoms with Crippen molar-refractivity contribution in [2.45, 2.75) is 0 Å². The van der Waals surface area contributed by atoms with E-state index in [1.54, 1.807) is 24.3 Å². The van der Waals surface area contributed by atoms with Gasteiger partial charge >= 0.3 is 0 Å². The summed E-state index contributed by atoms with van der Waals surface area (Å²) in [4.78, 5) is 0. The van der Waals surface area contributed by atoms with E-state index in [1.807, 2.05) is 0 Å². The van der Waals surface area contributed by atoms with Crippen molar-refractivity contribution >= 4 is 0 Å². The molecular weight excluding hydrogens is 264 g/mol. The maximum absolute atomic E-state index is 9.10. The first-order valence-electron chi connectivity index (χ1n) is 6.59. The monoisotopic (exact) mass is 286 g/mol. The van der Waals surface area contributed by atoms with E-state index >= 15 is 0 Å². The number of aliphatic hydroxyl groups excluding tert-OH is 1. The van der Waals surface area contributed by atoms with Crippen molar-refractivity contribution in [3.05, 3.63) is 24.3 Å². The average Bonchev–Trinajstić information content (AvgIpc) is 2.47. The molecule has 0 atom stereocenters. The fraction of sp³-hybridized carbons (Fsp3) is 0.571. The highest BCUT2D eigenvalue weighted by Crippen LogP contribution is 2.15. The van der Waals surface area contributed by atoms with Gasteiger partial charge < -0.3 is 29.2 Å². The number of ether oxygens (including phenoxy) is 4. The number of aliphatic hydroxyl groups is 1. The maximum atomic E-state index is 9.10. The normalized spacial score (nSPS) is 10.7. The number of phenols is 1. The van der Waals surface area contributed by atoms with Crippen LogP contribution in [-0.4, -0.2) is 63.1 Å². The van der Waals surface area contributed by atoms with E-state index in [2.05, 4.69) is 0 Å². The standard InChI is InChI=1S/C14H22O6/c15-5-6-17-7-8-18-9-10-19-11-12-20-14-3-1-13(16)2-4-14/h1-4,15-16H,5-12H2. The Bertz CT molecular complexity index is 327. The molecule has 20 heavy (non-hydrogen) atoms. The van der Waals surface area contributed by atoms with Crippen molar-refractivity contribution in [1.82, 2.24) is 0 Å². The lowest BCUT2D eigenvalue weighted by molar-refractivity contribution is 0.00361. The van der Waals surface area contributed by atoms with E-state index in [4.69, 9.17) is 29.2 Å². The summed E-state index contributed by atoms with van der Waals surface area (Å²) in [5, 5.41) is 17.6. The van der Waals surface area contributed by atoms with Gasteiger partial charge in [0.1, 0.15) is 18.1 Å². The lowest BCUT2D eigenvalue weighted by Crippen LogP contribution is -2.13. The molecule has 0 amide bonds. The zero-order valence-electron chi connectivity index (χ0n) is 11.5. The molecule has 0 aliphatic heterocycles. The van der Waals surface area contributed by atoms with Gasteiger partial charge in [-0.2, -0.15) is 0 Å². The van der Waals surface area contributed by atoms with Crippen molar-refractivity contribution < 1.29 is 29.2 Å². The van der Waals surface area contributed by atoms with Gasteiger partial charge in [0.05, 0.1) is 46.2 Å². The van der Waals surface area contributed by atoms with Crippen LogP contribution >= 0.6 is 0 Å². The fourth-order valence-electron chi connectivity index (χ4n) is 1.37. The summed E-state index contributed by atoms with van der Waals surface area (Å²) in [5.41, 5.74) is 0. The molecule has 0 aliphatic rings. The van der Waals surface area contributed by atoms with Crippen LogP contribution in [0.3, 0.4) is 0 Å². The summed E-state index contributed by atoms with van der Waals surface area (Å²) in [6.07, 6.45) is 0. The highest BCUT2D eigenvalue weighted by Gasteiger charge is 1.95. The number of benzene rings is 1. The van der Waals surface area contributed by atoms with E-state index in [-0.39, 0.29) is 12.4 Å². The molecule has 0 heterocycles. The summed E-state index contributed by atoms with van der Waals surface area (Å²) in [6, 6.07) is 6.54. The Morgan fingerprint density at radius 2 is 1.20 bits per heavy atom. The molecule has 0 aromatic heterocycles. The molecule has 0 spiro atoms. The van der Waals surface area contributed by atoms with Gasteiger partial charge in [-0.15, -0.1) is 0 Å². The molecule has 0 saturated carbocycles. The Hall–Kier alpha value is -1.34. The SMILES string of the molecule is OCCOCCOCCOCCOc1ccc(O)cc1. The molecular formula is C14H22O6.